The van der Waals surface area contributed by atoms with Gasteiger partial charge in [0.15, 0.2) is 5.96 Å². The molecule has 2 rings (SSSR count). The van der Waals surface area contributed by atoms with Crippen LogP contribution in [0.25, 0.3) is 0 Å². The third-order valence-corrected chi connectivity index (χ3v) is 7.54. The van der Waals surface area contributed by atoms with Crippen LogP contribution in [0.2, 0.25) is 0 Å². The number of piperidine rings is 1. The topological polar surface area (TPSA) is 56.7 Å². The Bertz CT molecular complexity index is 522. The molecular formula is C19H35F3N4OS. The van der Waals surface area contributed by atoms with Gasteiger partial charge in [0, 0.05) is 41.4 Å². The summed E-state index contributed by atoms with van der Waals surface area (Å²) in [5.41, 5.74) is 0. The first-order valence-corrected chi connectivity index (χ1v) is 11.8. The molecule has 9 heteroatoms. The van der Waals surface area contributed by atoms with Crippen LogP contribution < -0.4 is 10.6 Å². The third-order valence-electron chi connectivity index (χ3n) is 5.80. The van der Waals surface area contributed by atoms with Gasteiger partial charge in [0.05, 0.1) is 6.54 Å². The highest BCUT2D eigenvalue weighted by atomic mass is 32.2. The summed E-state index contributed by atoms with van der Waals surface area (Å²) in [6.45, 7) is 2.99. The first-order valence-electron chi connectivity index (χ1n) is 10.4. The van der Waals surface area contributed by atoms with Crippen molar-refractivity contribution >= 4 is 16.8 Å². The van der Waals surface area contributed by atoms with Crippen LogP contribution in [0.1, 0.15) is 51.9 Å². The van der Waals surface area contributed by atoms with Crippen molar-refractivity contribution in [2.45, 2.75) is 69.3 Å². The van der Waals surface area contributed by atoms with Crippen molar-refractivity contribution in [2.24, 2.45) is 10.9 Å². The molecule has 0 radical (unpaired) electrons. The summed E-state index contributed by atoms with van der Waals surface area (Å²) < 4.78 is 49.5. The van der Waals surface area contributed by atoms with E-state index in [1.807, 2.05) is 6.92 Å². The molecular weight excluding hydrogens is 389 g/mol. The minimum Gasteiger partial charge on any atom is -0.356 e. The number of nitrogens with one attached hydrogen (secondary N) is 2. The maximum atomic E-state index is 12.5. The van der Waals surface area contributed by atoms with E-state index in [9.17, 15) is 17.4 Å². The van der Waals surface area contributed by atoms with Crippen LogP contribution in [0.4, 0.5) is 13.2 Å². The van der Waals surface area contributed by atoms with Gasteiger partial charge >= 0.3 is 6.18 Å². The standard InChI is InChI=1S/C19H35F3N4OS/c1-3-28(27)17-6-4-5-16(13-17)25-18(23-2)24-10-7-15-8-11-26(12-9-15)14-19(20,21)22/h15-17H,3-14H2,1-2H3,(H2,23,24,25). The molecule has 0 spiro atoms. The van der Waals surface area contributed by atoms with Crippen molar-refractivity contribution < 1.29 is 17.4 Å². The molecule has 0 aromatic heterocycles. The van der Waals surface area contributed by atoms with E-state index in [1.54, 1.807) is 7.05 Å². The van der Waals surface area contributed by atoms with Gasteiger partial charge in [-0.25, -0.2) is 0 Å². The lowest BCUT2D eigenvalue weighted by molar-refractivity contribution is -0.148. The summed E-state index contributed by atoms with van der Waals surface area (Å²) in [5.74, 6) is 1.94. The van der Waals surface area contributed by atoms with Gasteiger partial charge in [-0.2, -0.15) is 13.2 Å². The molecule has 1 saturated heterocycles. The van der Waals surface area contributed by atoms with Gasteiger partial charge in [-0.15, -0.1) is 0 Å². The van der Waals surface area contributed by atoms with E-state index >= 15 is 0 Å². The highest BCUT2D eigenvalue weighted by Crippen LogP contribution is 2.24. The van der Waals surface area contributed by atoms with Crippen LogP contribution in [0.3, 0.4) is 0 Å². The maximum Gasteiger partial charge on any atom is 0.401 e. The van der Waals surface area contributed by atoms with Crippen molar-refractivity contribution in [1.82, 2.24) is 15.5 Å². The third kappa shape index (κ3) is 8.27. The molecule has 0 aromatic rings. The first kappa shape index (κ1) is 23.4. The monoisotopic (exact) mass is 424 g/mol. The zero-order chi connectivity index (χ0) is 20.6. The van der Waals surface area contributed by atoms with Crippen LogP contribution >= 0.6 is 0 Å². The molecule has 1 aliphatic carbocycles. The Hall–Kier alpha value is -0.830. The zero-order valence-electron chi connectivity index (χ0n) is 17.1. The molecule has 2 aliphatic rings. The molecule has 3 unspecified atom stereocenters. The number of rotatable bonds is 7. The van der Waals surface area contributed by atoms with Crippen LogP contribution in [0.15, 0.2) is 4.99 Å². The maximum absolute atomic E-state index is 12.5. The molecule has 2 fully saturated rings. The molecule has 164 valence electrons. The highest BCUT2D eigenvalue weighted by molar-refractivity contribution is 7.85. The quantitative estimate of drug-likeness (QED) is 0.487. The number of aliphatic imine (C=N–C) groups is 1. The largest absolute Gasteiger partial charge is 0.401 e. The summed E-state index contributed by atoms with van der Waals surface area (Å²) in [5, 5.41) is 7.07. The molecule has 1 aliphatic heterocycles. The van der Waals surface area contributed by atoms with Gasteiger partial charge in [0.2, 0.25) is 0 Å². The molecule has 0 aromatic carbocycles. The van der Waals surface area contributed by atoms with E-state index in [2.05, 4.69) is 15.6 Å². The summed E-state index contributed by atoms with van der Waals surface area (Å²) in [6.07, 6.45) is 2.57. The fraction of sp³-hybridized carbons (Fsp3) is 0.947. The first-order chi connectivity index (χ1) is 13.3. The van der Waals surface area contributed by atoms with Crippen molar-refractivity contribution in [2.75, 3.05) is 39.0 Å². The summed E-state index contributed by atoms with van der Waals surface area (Å²) in [4.78, 5) is 5.80. The molecule has 28 heavy (non-hydrogen) atoms. The molecule has 1 heterocycles. The molecule has 5 nitrogen and oxygen atoms in total. The van der Waals surface area contributed by atoms with Crippen molar-refractivity contribution in [3.05, 3.63) is 0 Å². The summed E-state index contributed by atoms with van der Waals surface area (Å²) in [6, 6.07) is 0.297. The second-order valence-corrected chi connectivity index (χ2v) is 9.93. The minimum absolute atomic E-state index is 0.274. The Morgan fingerprint density at radius 1 is 1.21 bits per heavy atom. The number of guanidine groups is 1. The molecule has 0 amide bonds. The number of hydrogen-bond acceptors (Lipinski definition) is 3. The zero-order valence-corrected chi connectivity index (χ0v) is 17.9. The van der Waals surface area contributed by atoms with E-state index in [0.717, 1.165) is 57.5 Å². The lowest BCUT2D eigenvalue weighted by Gasteiger charge is -2.32. The van der Waals surface area contributed by atoms with Crippen molar-refractivity contribution in [3.63, 3.8) is 0 Å². The van der Waals surface area contributed by atoms with Crippen LogP contribution in [0.5, 0.6) is 0 Å². The lowest BCUT2D eigenvalue weighted by Crippen LogP contribution is -2.47. The Morgan fingerprint density at radius 2 is 1.93 bits per heavy atom. The normalized spacial score (nSPS) is 26.8. The molecule has 0 bridgehead atoms. The number of hydrogen-bond donors (Lipinski definition) is 2. The smallest absolute Gasteiger partial charge is 0.356 e. The van der Waals surface area contributed by atoms with Gasteiger partial charge in [0.1, 0.15) is 0 Å². The van der Waals surface area contributed by atoms with Gasteiger partial charge in [-0.05, 0) is 57.5 Å². The number of halogens is 3. The van der Waals surface area contributed by atoms with E-state index in [4.69, 9.17) is 0 Å². The lowest BCUT2D eigenvalue weighted by atomic mass is 9.93. The van der Waals surface area contributed by atoms with E-state index in [0.29, 0.717) is 30.8 Å². The molecule has 2 N–H and O–H groups in total. The van der Waals surface area contributed by atoms with Gasteiger partial charge in [0.25, 0.3) is 0 Å². The van der Waals surface area contributed by atoms with Crippen LogP contribution in [-0.2, 0) is 10.8 Å². The van der Waals surface area contributed by atoms with Crippen LogP contribution in [-0.4, -0.2) is 71.5 Å². The second-order valence-electron chi connectivity index (χ2n) is 7.92. The van der Waals surface area contributed by atoms with Crippen LogP contribution in [0, 0.1) is 5.92 Å². The number of alkyl halides is 3. The van der Waals surface area contributed by atoms with Crippen molar-refractivity contribution in [1.29, 1.82) is 0 Å². The van der Waals surface area contributed by atoms with Gasteiger partial charge in [-0.1, -0.05) is 13.3 Å². The predicted octanol–water partition coefficient (Wildman–Crippen LogP) is 2.90. The summed E-state index contributed by atoms with van der Waals surface area (Å²) in [7, 11) is 1.00. The molecule has 1 saturated carbocycles. The SMILES string of the molecule is CCS(=O)C1CCCC(NC(=NC)NCCC2CCN(CC(F)(F)F)CC2)C1. The Kier molecular flexibility index (Phi) is 9.53. The van der Waals surface area contributed by atoms with Gasteiger partial charge < -0.3 is 10.6 Å². The second kappa shape index (κ2) is 11.4. The van der Waals surface area contributed by atoms with E-state index < -0.39 is 23.5 Å². The highest BCUT2D eigenvalue weighted by Gasteiger charge is 2.32. The Balaban J connectivity index is 1.66. The fourth-order valence-corrected chi connectivity index (χ4v) is 5.57. The molecule has 3 atom stereocenters. The predicted molar refractivity (Wildman–Crippen MR) is 109 cm³/mol. The van der Waals surface area contributed by atoms with E-state index in [1.165, 1.54) is 4.90 Å². The Morgan fingerprint density at radius 3 is 2.54 bits per heavy atom. The van der Waals surface area contributed by atoms with E-state index in [-0.39, 0.29) is 5.25 Å². The fourth-order valence-electron chi connectivity index (χ4n) is 4.22. The summed E-state index contributed by atoms with van der Waals surface area (Å²) >= 11 is 0. The number of likely N-dealkylation sites (tertiary alicyclic amines) is 1. The average molecular weight is 425 g/mol. The average Bonchev–Trinajstić information content (AvgIpc) is 2.67. The van der Waals surface area contributed by atoms with Gasteiger partial charge in [-0.3, -0.25) is 14.1 Å². The minimum atomic E-state index is -4.10. The Labute approximate surface area is 169 Å². The van der Waals surface area contributed by atoms with Crippen molar-refractivity contribution in [3.8, 4) is 0 Å². The number of nitrogens with zero attached hydrogens (tertiary/aromatic N) is 2.